The Hall–Kier alpha value is -1.65. The minimum atomic E-state index is -0.257. The van der Waals surface area contributed by atoms with Crippen LogP contribution >= 0.6 is 11.3 Å². The third kappa shape index (κ3) is 4.16. The molecule has 1 heterocycles. The van der Waals surface area contributed by atoms with E-state index in [0.717, 1.165) is 16.9 Å². The van der Waals surface area contributed by atoms with E-state index in [9.17, 15) is 9.90 Å². The fourth-order valence-corrected chi connectivity index (χ4v) is 3.32. The van der Waals surface area contributed by atoms with Crippen molar-refractivity contribution in [3.05, 3.63) is 57.3 Å². The summed E-state index contributed by atoms with van der Waals surface area (Å²) in [4.78, 5) is 14.2. The van der Waals surface area contributed by atoms with E-state index in [0.29, 0.717) is 6.42 Å². The Bertz CT molecular complexity index is 592. The summed E-state index contributed by atoms with van der Waals surface area (Å²) in [5, 5.41) is 12.4. The van der Waals surface area contributed by atoms with Gasteiger partial charge in [-0.05, 0) is 37.0 Å². The summed E-state index contributed by atoms with van der Waals surface area (Å²) >= 11 is 1.51. The largest absolute Gasteiger partial charge is 0.394 e. The molecule has 3 nitrogen and oxygen atoms in total. The Labute approximate surface area is 129 Å². The first-order valence-corrected chi connectivity index (χ1v) is 8.00. The minimum absolute atomic E-state index is 0.0639. The van der Waals surface area contributed by atoms with E-state index in [4.69, 9.17) is 0 Å². The van der Waals surface area contributed by atoms with Gasteiger partial charge in [0, 0.05) is 4.88 Å². The molecule has 0 aliphatic rings. The van der Waals surface area contributed by atoms with Gasteiger partial charge in [0.05, 0.1) is 17.5 Å². The number of hydrogen-bond acceptors (Lipinski definition) is 3. The van der Waals surface area contributed by atoms with Crippen molar-refractivity contribution in [2.45, 2.75) is 32.7 Å². The SMILES string of the molecule is CCc1cc(C(=O)NC(CO)Cc2ccccc2)sc1C. The van der Waals surface area contributed by atoms with Crippen molar-refractivity contribution < 1.29 is 9.90 Å². The lowest BCUT2D eigenvalue weighted by Gasteiger charge is -2.15. The van der Waals surface area contributed by atoms with E-state index in [1.165, 1.54) is 21.8 Å². The van der Waals surface area contributed by atoms with E-state index >= 15 is 0 Å². The molecule has 0 radical (unpaired) electrons. The van der Waals surface area contributed by atoms with Gasteiger partial charge in [-0.15, -0.1) is 11.3 Å². The van der Waals surface area contributed by atoms with Gasteiger partial charge in [0.2, 0.25) is 0 Å². The van der Waals surface area contributed by atoms with Gasteiger partial charge >= 0.3 is 0 Å². The second-order valence-corrected chi connectivity index (χ2v) is 6.34. The maximum absolute atomic E-state index is 12.3. The third-order valence-corrected chi connectivity index (χ3v) is 4.60. The van der Waals surface area contributed by atoms with Gasteiger partial charge in [0.15, 0.2) is 0 Å². The topological polar surface area (TPSA) is 49.3 Å². The molecule has 1 atom stereocenters. The van der Waals surface area contributed by atoms with Crippen LogP contribution in [0.15, 0.2) is 36.4 Å². The molecule has 0 bridgehead atoms. The Morgan fingerprint density at radius 3 is 2.62 bits per heavy atom. The van der Waals surface area contributed by atoms with Gasteiger partial charge in [0.1, 0.15) is 0 Å². The molecule has 1 aromatic carbocycles. The maximum Gasteiger partial charge on any atom is 0.261 e. The molecule has 0 saturated carbocycles. The lowest BCUT2D eigenvalue weighted by molar-refractivity contribution is 0.0920. The van der Waals surface area contributed by atoms with Crippen LogP contribution in [0, 0.1) is 6.92 Å². The molecule has 0 fully saturated rings. The average molecular weight is 303 g/mol. The van der Waals surface area contributed by atoms with Crippen molar-refractivity contribution in [3.63, 3.8) is 0 Å². The van der Waals surface area contributed by atoms with Gasteiger partial charge in [-0.2, -0.15) is 0 Å². The number of hydrogen-bond donors (Lipinski definition) is 2. The first-order valence-electron chi connectivity index (χ1n) is 7.19. The summed E-state index contributed by atoms with van der Waals surface area (Å²) in [7, 11) is 0. The smallest absolute Gasteiger partial charge is 0.261 e. The first kappa shape index (κ1) is 15.7. The summed E-state index contributed by atoms with van der Waals surface area (Å²) in [6.45, 7) is 4.06. The molecule has 2 rings (SSSR count). The number of thiophene rings is 1. The average Bonchev–Trinajstić information content (AvgIpc) is 2.88. The zero-order chi connectivity index (χ0) is 15.2. The second-order valence-electron chi connectivity index (χ2n) is 5.09. The van der Waals surface area contributed by atoms with E-state index in [1.807, 2.05) is 43.3 Å². The first-order chi connectivity index (χ1) is 10.1. The van der Waals surface area contributed by atoms with Crippen molar-refractivity contribution in [2.24, 2.45) is 0 Å². The van der Waals surface area contributed by atoms with E-state index in [2.05, 4.69) is 12.2 Å². The summed E-state index contributed by atoms with van der Waals surface area (Å²) in [6.07, 6.45) is 1.57. The Morgan fingerprint density at radius 2 is 2.05 bits per heavy atom. The molecule has 21 heavy (non-hydrogen) atoms. The van der Waals surface area contributed by atoms with Crippen LogP contribution in [0.4, 0.5) is 0 Å². The Balaban J connectivity index is 2.02. The molecule has 2 aromatic rings. The fourth-order valence-electron chi connectivity index (χ4n) is 2.30. The predicted octanol–water partition coefficient (Wildman–Crippen LogP) is 2.95. The lowest BCUT2D eigenvalue weighted by Crippen LogP contribution is -2.38. The van der Waals surface area contributed by atoms with E-state index < -0.39 is 0 Å². The number of amides is 1. The summed E-state index contributed by atoms with van der Waals surface area (Å²) in [5.41, 5.74) is 2.32. The number of carbonyl (C=O) groups is 1. The quantitative estimate of drug-likeness (QED) is 0.862. The highest BCUT2D eigenvalue weighted by Gasteiger charge is 2.16. The highest BCUT2D eigenvalue weighted by molar-refractivity contribution is 7.14. The molecular weight excluding hydrogens is 282 g/mol. The summed E-state index contributed by atoms with van der Waals surface area (Å²) in [6, 6.07) is 11.6. The predicted molar refractivity (Wildman–Crippen MR) is 86.9 cm³/mol. The molecule has 0 aliphatic carbocycles. The summed E-state index contributed by atoms with van der Waals surface area (Å²) < 4.78 is 0. The second kappa shape index (κ2) is 7.38. The number of aryl methyl sites for hydroxylation is 2. The normalized spacial score (nSPS) is 12.1. The fraction of sp³-hybridized carbons (Fsp3) is 0.353. The minimum Gasteiger partial charge on any atom is -0.394 e. The van der Waals surface area contributed by atoms with Crippen molar-refractivity contribution >= 4 is 17.2 Å². The number of nitrogens with one attached hydrogen (secondary N) is 1. The highest BCUT2D eigenvalue weighted by atomic mass is 32.1. The lowest BCUT2D eigenvalue weighted by atomic mass is 10.1. The highest BCUT2D eigenvalue weighted by Crippen LogP contribution is 2.22. The van der Waals surface area contributed by atoms with Crippen molar-refractivity contribution in [2.75, 3.05) is 6.61 Å². The van der Waals surface area contributed by atoms with E-state index in [-0.39, 0.29) is 18.6 Å². The van der Waals surface area contributed by atoms with Gasteiger partial charge in [-0.3, -0.25) is 4.79 Å². The Kier molecular flexibility index (Phi) is 5.53. The van der Waals surface area contributed by atoms with Crippen LogP contribution in [0.3, 0.4) is 0 Å². The molecule has 2 N–H and O–H groups in total. The van der Waals surface area contributed by atoms with Gasteiger partial charge in [0.25, 0.3) is 5.91 Å². The number of aliphatic hydroxyl groups is 1. The van der Waals surface area contributed by atoms with Crippen LogP contribution in [0.2, 0.25) is 0 Å². The molecule has 1 aromatic heterocycles. The van der Waals surface area contributed by atoms with Crippen LogP contribution in [-0.2, 0) is 12.8 Å². The number of rotatable bonds is 6. The standard InChI is InChI=1S/C17H21NO2S/c1-3-14-10-16(21-12(14)2)17(20)18-15(11-19)9-13-7-5-4-6-8-13/h4-8,10,15,19H,3,9,11H2,1-2H3,(H,18,20). The molecule has 0 aliphatic heterocycles. The molecule has 4 heteroatoms. The Morgan fingerprint density at radius 1 is 1.33 bits per heavy atom. The van der Waals surface area contributed by atoms with Crippen LogP contribution in [0.1, 0.15) is 32.6 Å². The molecule has 0 saturated heterocycles. The molecular formula is C17H21NO2S. The van der Waals surface area contributed by atoms with E-state index in [1.54, 1.807) is 0 Å². The number of aliphatic hydroxyl groups excluding tert-OH is 1. The zero-order valence-electron chi connectivity index (χ0n) is 12.4. The van der Waals surface area contributed by atoms with Crippen LogP contribution in [-0.4, -0.2) is 23.7 Å². The monoisotopic (exact) mass is 303 g/mol. The van der Waals surface area contributed by atoms with Crippen molar-refractivity contribution in [1.82, 2.24) is 5.32 Å². The van der Waals surface area contributed by atoms with Gasteiger partial charge in [-0.1, -0.05) is 37.3 Å². The van der Waals surface area contributed by atoms with Crippen LogP contribution in [0.5, 0.6) is 0 Å². The summed E-state index contributed by atoms with van der Waals surface area (Å²) in [5.74, 6) is -0.0993. The molecule has 1 amide bonds. The third-order valence-electron chi connectivity index (χ3n) is 3.51. The van der Waals surface area contributed by atoms with Crippen molar-refractivity contribution in [3.8, 4) is 0 Å². The maximum atomic E-state index is 12.3. The molecule has 0 spiro atoms. The van der Waals surface area contributed by atoms with Gasteiger partial charge in [-0.25, -0.2) is 0 Å². The number of carbonyl (C=O) groups excluding carboxylic acids is 1. The van der Waals surface area contributed by atoms with Crippen LogP contribution < -0.4 is 5.32 Å². The zero-order valence-corrected chi connectivity index (χ0v) is 13.2. The van der Waals surface area contributed by atoms with Gasteiger partial charge < -0.3 is 10.4 Å². The van der Waals surface area contributed by atoms with Crippen LogP contribution in [0.25, 0.3) is 0 Å². The number of benzene rings is 1. The molecule has 1 unspecified atom stereocenters. The van der Waals surface area contributed by atoms with Crippen molar-refractivity contribution in [1.29, 1.82) is 0 Å². The molecule has 112 valence electrons.